The SMILES string of the molecule is COc1ccccc1C(=O)N[C@@H](Cc1ccc(NC(=O)c2c(Cl)cccc2Cl)cc1)C(=O)O. The quantitative estimate of drug-likeness (QED) is 0.428. The first-order valence-electron chi connectivity index (χ1n) is 9.81. The summed E-state index contributed by atoms with van der Waals surface area (Å²) >= 11 is 12.1. The Morgan fingerprint density at radius 1 is 0.909 bits per heavy atom. The van der Waals surface area contributed by atoms with Gasteiger partial charge >= 0.3 is 5.97 Å². The Morgan fingerprint density at radius 2 is 1.55 bits per heavy atom. The number of rotatable bonds is 8. The number of amides is 2. The van der Waals surface area contributed by atoms with Crippen LogP contribution in [-0.4, -0.2) is 36.0 Å². The molecule has 0 fully saturated rings. The maximum absolute atomic E-state index is 12.6. The molecule has 3 rings (SSSR count). The zero-order chi connectivity index (χ0) is 24.0. The molecule has 0 aromatic heterocycles. The van der Waals surface area contributed by atoms with E-state index in [1.807, 2.05) is 0 Å². The van der Waals surface area contributed by atoms with Crippen LogP contribution in [0.15, 0.2) is 66.7 Å². The van der Waals surface area contributed by atoms with Crippen LogP contribution in [0.2, 0.25) is 10.0 Å². The number of aliphatic carboxylic acids is 1. The highest BCUT2D eigenvalue weighted by atomic mass is 35.5. The third-order valence-corrected chi connectivity index (χ3v) is 5.43. The summed E-state index contributed by atoms with van der Waals surface area (Å²) in [7, 11) is 1.43. The number of carbonyl (C=O) groups is 3. The van der Waals surface area contributed by atoms with E-state index in [0.717, 1.165) is 0 Å². The molecule has 2 amide bonds. The Bertz CT molecular complexity index is 1160. The first kappa shape index (κ1) is 24.1. The van der Waals surface area contributed by atoms with Crippen LogP contribution >= 0.6 is 23.2 Å². The maximum Gasteiger partial charge on any atom is 0.326 e. The Labute approximate surface area is 200 Å². The number of carboxylic acid groups (broad SMARTS) is 1. The molecule has 0 saturated carbocycles. The van der Waals surface area contributed by atoms with Crippen molar-refractivity contribution in [3.8, 4) is 5.75 Å². The number of para-hydroxylation sites is 1. The molecule has 0 aliphatic rings. The zero-order valence-electron chi connectivity index (χ0n) is 17.5. The molecule has 0 bridgehead atoms. The molecular formula is C24H20Cl2N2O5. The fourth-order valence-corrected chi connectivity index (χ4v) is 3.71. The molecule has 3 N–H and O–H groups in total. The van der Waals surface area contributed by atoms with Crippen molar-refractivity contribution in [3.63, 3.8) is 0 Å². The second kappa shape index (κ2) is 10.8. The van der Waals surface area contributed by atoms with Crippen molar-refractivity contribution in [1.29, 1.82) is 0 Å². The van der Waals surface area contributed by atoms with E-state index in [4.69, 9.17) is 27.9 Å². The van der Waals surface area contributed by atoms with E-state index in [1.165, 1.54) is 7.11 Å². The van der Waals surface area contributed by atoms with Crippen LogP contribution in [0, 0.1) is 0 Å². The highest BCUT2D eigenvalue weighted by Crippen LogP contribution is 2.25. The van der Waals surface area contributed by atoms with Gasteiger partial charge in [0.25, 0.3) is 11.8 Å². The lowest BCUT2D eigenvalue weighted by atomic mass is 10.0. The number of hydrogen-bond donors (Lipinski definition) is 3. The molecule has 0 radical (unpaired) electrons. The van der Waals surface area contributed by atoms with E-state index in [0.29, 0.717) is 17.0 Å². The van der Waals surface area contributed by atoms with Crippen molar-refractivity contribution in [2.45, 2.75) is 12.5 Å². The second-order valence-electron chi connectivity index (χ2n) is 7.02. The summed E-state index contributed by atoms with van der Waals surface area (Å²) < 4.78 is 5.16. The van der Waals surface area contributed by atoms with Gasteiger partial charge in [-0.05, 0) is 42.0 Å². The standard InChI is InChI=1S/C24H20Cl2N2O5/c1-33-20-8-3-2-5-16(20)22(29)28-19(24(31)32)13-14-9-11-15(12-10-14)27-23(30)21-17(25)6-4-7-18(21)26/h2-12,19H,13H2,1H3,(H,27,30)(H,28,29)(H,31,32)/t19-/m0/s1. The van der Waals surface area contributed by atoms with Crippen molar-refractivity contribution in [1.82, 2.24) is 5.32 Å². The molecule has 0 unspecified atom stereocenters. The summed E-state index contributed by atoms with van der Waals surface area (Å²) in [5.41, 5.74) is 1.53. The predicted molar refractivity (Wildman–Crippen MR) is 126 cm³/mol. The molecule has 0 aliphatic heterocycles. The van der Waals surface area contributed by atoms with E-state index in [2.05, 4.69) is 10.6 Å². The molecule has 7 nitrogen and oxygen atoms in total. The smallest absolute Gasteiger partial charge is 0.326 e. The minimum atomic E-state index is -1.18. The Balaban J connectivity index is 1.68. The average molecular weight is 487 g/mol. The lowest BCUT2D eigenvalue weighted by Crippen LogP contribution is -2.42. The lowest BCUT2D eigenvalue weighted by molar-refractivity contribution is -0.139. The lowest BCUT2D eigenvalue weighted by Gasteiger charge is -2.16. The number of anilines is 1. The van der Waals surface area contributed by atoms with E-state index in [9.17, 15) is 19.5 Å². The van der Waals surface area contributed by atoms with Gasteiger partial charge in [0.2, 0.25) is 0 Å². The average Bonchev–Trinajstić information content (AvgIpc) is 2.79. The fourth-order valence-electron chi connectivity index (χ4n) is 3.14. The predicted octanol–water partition coefficient (Wildman–Crippen LogP) is 4.68. The van der Waals surface area contributed by atoms with Crippen molar-refractivity contribution in [2.75, 3.05) is 12.4 Å². The van der Waals surface area contributed by atoms with E-state index >= 15 is 0 Å². The van der Waals surface area contributed by atoms with Gasteiger partial charge in [-0.2, -0.15) is 0 Å². The molecule has 0 spiro atoms. The summed E-state index contributed by atoms with van der Waals surface area (Å²) in [6, 6.07) is 16.7. The normalized spacial score (nSPS) is 11.4. The summed E-state index contributed by atoms with van der Waals surface area (Å²) in [5, 5.41) is 15.3. The Hall–Kier alpha value is -3.55. The number of carboxylic acids is 1. The molecule has 0 heterocycles. The highest BCUT2D eigenvalue weighted by molar-refractivity contribution is 6.40. The Morgan fingerprint density at radius 3 is 2.15 bits per heavy atom. The summed E-state index contributed by atoms with van der Waals surface area (Å²) in [5.74, 6) is -1.85. The summed E-state index contributed by atoms with van der Waals surface area (Å²) in [6.45, 7) is 0. The minimum Gasteiger partial charge on any atom is -0.496 e. The van der Waals surface area contributed by atoms with Gasteiger partial charge in [-0.3, -0.25) is 9.59 Å². The van der Waals surface area contributed by atoms with Crippen LogP contribution in [0.1, 0.15) is 26.3 Å². The van der Waals surface area contributed by atoms with Crippen molar-refractivity contribution < 1.29 is 24.2 Å². The van der Waals surface area contributed by atoms with Gasteiger partial charge in [-0.15, -0.1) is 0 Å². The fraction of sp³-hybridized carbons (Fsp3) is 0.125. The topological polar surface area (TPSA) is 105 Å². The third-order valence-electron chi connectivity index (χ3n) is 4.80. The van der Waals surface area contributed by atoms with Gasteiger partial charge in [-0.25, -0.2) is 4.79 Å². The first-order valence-corrected chi connectivity index (χ1v) is 10.6. The third kappa shape index (κ3) is 6.03. The zero-order valence-corrected chi connectivity index (χ0v) is 19.0. The van der Waals surface area contributed by atoms with Crippen molar-refractivity contribution in [3.05, 3.63) is 93.5 Å². The minimum absolute atomic E-state index is 0.0425. The molecule has 0 aliphatic carbocycles. The van der Waals surface area contributed by atoms with Crippen molar-refractivity contribution in [2.24, 2.45) is 0 Å². The second-order valence-corrected chi connectivity index (χ2v) is 7.83. The maximum atomic E-state index is 12.6. The van der Waals surface area contributed by atoms with Crippen LogP contribution in [-0.2, 0) is 11.2 Å². The van der Waals surface area contributed by atoms with E-state index in [-0.39, 0.29) is 27.6 Å². The van der Waals surface area contributed by atoms with Crippen LogP contribution in [0.5, 0.6) is 5.75 Å². The number of benzene rings is 3. The van der Waals surface area contributed by atoms with Crippen LogP contribution in [0.4, 0.5) is 5.69 Å². The first-order chi connectivity index (χ1) is 15.8. The van der Waals surface area contributed by atoms with Gasteiger partial charge in [0.15, 0.2) is 0 Å². The molecule has 3 aromatic carbocycles. The number of halogens is 2. The largest absolute Gasteiger partial charge is 0.496 e. The van der Waals surface area contributed by atoms with Crippen LogP contribution in [0.3, 0.4) is 0 Å². The highest BCUT2D eigenvalue weighted by Gasteiger charge is 2.23. The van der Waals surface area contributed by atoms with E-state index in [1.54, 1.807) is 66.7 Å². The van der Waals surface area contributed by atoms with Gasteiger partial charge in [0.1, 0.15) is 11.8 Å². The van der Waals surface area contributed by atoms with Crippen molar-refractivity contribution >= 4 is 46.7 Å². The number of carbonyl (C=O) groups excluding carboxylic acids is 2. The number of hydrogen-bond acceptors (Lipinski definition) is 4. The number of nitrogens with one attached hydrogen (secondary N) is 2. The van der Waals surface area contributed by atoms with Gasteiger partial charge < -0.3 is 20.5 Å². The molecule has 3 aromatic rings. The molecular weight excluding hydrogens is 467 g/mol. The number of methoxy groups -OCH3 is 1. The Kier molecular flexibility index (Phi) is 7.92. The molecule has 9 heteroatoms. The monoisotopic (exact) mass is 486 g/mol. The number of ether oxygens (including phenoxy) is 1. The van der Waals surface area contributed by atoms with Gasteiger partial charge in [0.05, 0.1) is 28.3 Å². The van der Waals surface area contributed by atoms with Crippen LogP contribution in [0.25, 0.3) is 0 Å². The van der Waals surface area contributed by atoms with E-state index < -0.39 is 23.8 Å². The van der Waals surface area contributed by atoms with Crippen LogP contribution < -0.4 is 15.4 Å². The summed E-state index contributed by atoms with van der Waals surface area (Å²) in [6.07, 6.45) is 0.0425. The summed E-state index contributed by atoms with van der Waals surface area (Å²) in [4.78, 5) is 36.8. The van der Waals surface area contributed by atoms with Gasteiger partial charge in [-0.1, -0.05) is 53.5 Å². The molecule has 1 atom stereocenters. The van der Waals surface area contributed by atoms with Gasteiger partial charge in [0, 0.05) is 12.1 Å². The molecule has 0 saturated heterocycles. The molecule has 33 heavy (non-hydrogen) atoms. The molecule has 170 valence electrons.